The first-order valence-corrected chi connectivity index (χ1v) is 14.1. The number of hydrogen-bond acceptors (Lipinski definition) is 11. The smallest absolute Gasteiger partial charge is 0.388 e. The minimum atomic E-state index is -5.76. The number of halogens is 6. The van der Waals surface area contributed by atoms with Crippen molar-refractivity contribution in [3.63, 3.8) is 0 Å². The molecule has 10 atom stereocenters. The van der Waals surface area contributed by atoms with E-state index < -0.39 is 79.0 Å². The zero-order valence-corrected chi connectivity index (χ0v) is 23.4. The first-order chi connectivity index (χ1) is 21.4. The first-order valence-electron chi connectivity index (χ1n) is 14.1. The number of nitrogens with zero attached hydrogens (tertiary/aromatic N) is 2. The van der Waals surface area contributed by atoms with Crippen LogP contribution in [0.4, 0.5) is 26.3 Å². The van der Waals surface area contributed by atoms with Gasteiger partial charge in [-0.05, 0) is 11.1 Å². The molecule has 2 unspecified atom stereocenters. The highest BCUT2D eigenvalue weighted by Crippen LogP contribution is 2.42. The van der Waals surface area contributed by atoms with Gasteiger partial charge in [-0.3, -0.25) is 0 Å². The summed E-state index contributed by atoms with van der Waals surface area (Å²) in [6.45, 7) is -0.638. The molecule has 11 nitrogen and oxygen atoms in total. The molecule has 4 bridgehead atoms. The normalized spacial score (nSPS) is 35.0. The Bertz CT molecular complexity index is 1180. The molecular weight excluding hydrogens is 620 g/mol. The van der Waals surface area contributed by atoms with Crippen LogP contribution in [-0.2, 0) is 41.6 Å². The number of ether oxygens (including phenoxy) is 6. The van der Waals surface area contributed by atoms with E-state index in [9.17, 15) is 36.6 Å². The second-order valence-corrected chi connectivity index (χ2v) is 11.0. The van der Waals surface area contributed by atoms with Crippen molar-refractivity contribution in [2.45, 2.75) is 87.1 Å². The molecule has 4 aliphatic heterocycles. The molecule has 2 aromatic rings. The summed E-state index contributed by atoms with van der Waals surface area (Å²) in [6.07, 6.45) is -23.0. The molecule has 0 amide bonds. The van der Waals surface area contributed by atoms with Crippen LogP contribution in [-0.4, -0.2) is 107 Å². The van der Waals surface area contributed by atoms with Crippen molar-refractivity contribution in [3.8, 4) is 0 Å². The molecule has 4 fully saturated rings. The number of hydrazine groups is 2. The van der Waals surface area contributed by atoms with Crippen molar-refractivity contribution < 1.29 is 65.0 Å². The van der Waals surface area contributed by atoms with E-state index in [1.807, 2.05) is 0 Å². The van der Waals surface area contributed by atoms with Crippen LogP contribution < -0.4 is 5.43 Å². The minimum Gasteiger partial charge on any atom is -0.388 e. The largest absolute Gasteiger partial charge is 0.487 e. The molecule has 0 radical (unpaired) electrons. The van der Waals surface area contributed by atoms with Crippen LogP contribution in [0.2, 0.25) is 0 Å². The molecule has 17 heteroatoms. The first kappa shape index (κ1) is 32.5. The maximum Gasteiger partial charge on any atom is 0.487 e. The number of alkyl halides is 6. The summed E-state index contributed by atoms with van der Waals surface area (Å²) in [6, 6.07) is 13.3. The Labute approximate surface area is 253 Å². The Morgan fingerprint density at radius 3 is 1.51 bits per heavy atom. The third kappa shape index (κ3) is 6.98. The second-order valence-electron chi connectivity index (χ2n) is 11.0. The van der Waals surface area contributed by atoms with Crippen molar-refractivity contribution in [2.75, 3.05) is 13.2 Å². The number of rotatable bonds is 10. The third-order valence-electron chi connectivity index (χ3n) is 8.02. The summed E-state index contributed by atoms with van der Waals surface area (Å²) in [5, 5.41) is 22.0. The summed E-state index contributed by atoms with van der Waals surface area (Å²) < 4.78 is 119. The van der Waals surface area contributed by atoms with E-state index in [1.54, 1.807) is 60.7 Å². The summed E-state index contributed by atoms with van der Waals surface area (Å²) in [7, 11) is 0. The Morgan fingerprint density at radius 1 is 0.711 bits per heavy atom. The molecule has 2 aromatic carbocycles. The van der Waals surface area contributed by atoms with Gasteiger partial charge in [-0.25, -0.2) is 0 Å². The van der Waals surface area contributed by atoms with E-state index in [2.05, 4.69) is 0 Å². The summed E-state index contributed by atoms with van der Waals surface area (Å²) in [5.41, 5.74) is 1.83. The number of aliphatic hydroxyl groups excluding tert-OH is 2. The molecule has 0 aliphatic carbocycles. The van der Waals surface area contributed by atoms with Crippen LogP contribution in [0.3, 0.4) is 0 Å². The molecule has 4 heterocycles. The van der Waals surface area contributed by atoms with Crippen LogP contribution >= 0.6 is 0 Å². The van der Waals surface area contributed by atoms with Gasteiger partial charge in [-0.2, -0.15) is 31.4 Å². The Balaban J connectivity index is 1.35. The number of hydrogen-bond donors (Lipinski definition) is 3. The molecule has 4 aliphatic rings. The van der Waals surface area contributed by atoms with Crippen molar-refractivity contribution in [1.82, 2.24) is 15.6 Å². The van der Waals surface area contributed by atoms with Crippen LogP contribution in [0.15, 0.2) is 60.7 Å². The van der Waals surface area contributed by atoms with Gasteiger partial charge >= 0.3 is 12.6 Å². The predicted octanol–water partition coefficient (Wildman–Crippen LogP) is 2.19. The van der Waals surface area contributed by atoms with Gasteiger partial charge < -0.3 is 38.6 Å². The minimum absolute atomic E-state index is 0.0823. The zero-order chi connectivity index (χ0) is 31.9. The van der Waals surface area contributed by atoms with Gasteiger partial charge in [-0.1, -0.05) is 65.8 Å². The lowest BCUT2D eigenvalue weighted by molar-refractivity contribution is -0.418. The quantitative estimate of drug-likeness (QED) is 0.200. The molecule has 0 spiro atoms. The van der Waals surface area contributed by atoms with Crippen molar-refractivity contribution in [2.24, 2.45) is 0 Å². The standard InChI is InChI=1S/C28H31F6N3O8/c29-27(30,31)35-37(28(32,33)34)36(19-21(38)23(17-13-42-25(19)44-17)40-11-15-7-3-1-4-8-15)20-22(39)24(18-14-43-26(20)45-18)41-12-16-9-5-2-6-10-16/h1-10,17-26,35,38-39H,11-14H2/t17?,18?,19-,20-,21+,22+,23+,24+,25+,26+/m0/s1. The lowest BCUT2D eigenvalue weighted by Crippen LogP contribution is -2.77. The van der Waals surface area contributed by atoms with Crippen LogP contribution in [0, 0.1) is 0 Å². The van der Waals surface area contributed by atoms with Crippen LogP contribution in [0.1, 0.15) is 11.1 Å². The van der Waals surface area contributed by atoms with Gasteiger partial charge in [0.2, 0.25) is 0 Å². The topological polar surface area (TPSA) is 114 Å². The Morgan fingerprint density at radius 2 is 1.13 bits per heavy atom. The number of fused-ring (bicyclic) bond motifs is 4. The van der Waals surface area contributed by atoms with Gasteiger partial charge in [0.05, 0.1) is 26.4 Å². The van der Waals surface area contributed by atoms with Crippen LogP contribution in [0.25, 0.3) is 0 Å². The van der Waals surface area contributed by atoms with E-state index in [1.165, 1.54) is 0 Å². The number of nitrogens with one attached hydrogen (secondary N) is 1. The predicted molar refractivity (Wildman–Crippen MR) is 138 cm³/mol. The van der Waals surface area contributed by atoms with Gasteiger partial charge in [0.15, 0.2) is 12.6 Å². The monoisotopic (exact) mass is 651 g/mol. The average molecular weight is 652 g/mol. The number of benzene rings is 2. The molecule has 0 aromatic heterocycles. The molecule has 248 valence electrons. The van der Waals surface area contributed by atoms with Gasteiger partial charge in [0, 0.05) is 0 Å². The fourth-order valence-electron chi connectivity index (χ4n) is 6.08. The fourth-order valence-corrected chi connectivity index (χ4v) is 6.08. The summed E-state index contributed by atoms with van der Waals surface area (Å²) in [4.78, 5) is 0. The lowest BCUT2D eigenvalue weighted by Gasteiger charge is -2.53. The highest BCUT2D eigenvalue weighted by Gasteiger charge is 2.64. The maximum atomic E-state index is 14.6. The highest BCUT2D eigenvalue weighted by molar-refractivity contribution is 5.15. The van der Waals surface area contributed by atoms with Crippen molar-refractivity contribution in [3.05, 3.63) is 71.8 Å². The SMILES string of the molecule is O[C@@H]1[C@H](N([C@@H]2[C@@H]3OCC(O3)[C@@H](OCc3ccccc3)[C@@H]2O)N(NC(F)(F)F)C(F)(F)F)[C@@H]2OCC(O2)[C@H]1OCc1ccccc1. The van der Waals surface area contributed by atoms with Gasteiger partial charge in [0.1, 0.15) is 48.7 Å². The molecule has 6 rings (SSSR count). The van der Waals surface area contributed by atoms with E-state index in [4.69, 9.17) is 28.4 Å². The van der Waals surface area contributed by atoms with Gasteiger partial charge in [-0.15, -0.1) is 5.43 Å². The molecular formula is C28H31F6N3O8. The van der Waals surface area contributed by atoms with Crippen molar-refractivity contribution in [1.29, 1.82) is 0 Å². The lowest BCUT2D eigenvalue weighted by atomic mass is 9.93. The Hall–Kier alpha value is -2.42. The highest BCUT2D eigenvalue weighted by atomic mass is 19.4. The molecule has 45 heavy (non-hydrogen) atoms. The van der Waals surface area contributed by atoms with Crippen LogP contribution in [0.5, 0.6) is 0 Å². The van der Waals surface area contributed by atoms with Crippen molar-refractivity contribution >= 4 is 0 Å². The van der Waals surface area contributed by atoms with E-state index in [0.29, 0.717) is 16.6 Å². The average Bonchev–Trinajstić information content (AvgIpc) is 3.62. The summed E-state index contributed by atoms with van der Waals surface area (Å²) in [5.74, 6) is 0. The number of aliphatic hydroxyl groups is 2. The molecule has 0 saturated carbocycles. The Kier molecular flexibility index (Phi) is 9.39. The molecule has 3 N–H and O–H groups in total. The zero-order valence-electron chi connectivity index (χ0n) is 23.4. The molecule has 4 saturated heterocycles. The maximum absolute atomic E-state index is 14.6. The third-order valence-corrected chi connectivity index (χ3v) is 8.02. The van der Waals surface area contributed by atoms with E-state index in [0.717, 1.165) is 0 Å². The summed E-state index contributed by atoms with van der Waals surface area (Å²) >= 11 is 0. The van der Waals surface area contributed by atoms with E-state index in [-0.39, 0.29) is 31.4 Å². The van der Waals surface area contributed by atoms with E-state index >= 15 is 0 Å². The second kappa shape index (κ2) is 13.0. The van der Waals surface area contributed by atoms with Gasteiger partial charge in [0.25, 0.3) is 0 Å². The fraction of sp³-hybridized carbons (Fsp3) is 0.571.